The Kier molecular flexibility index (Phi) is 9.98. The molecule has 1 aromatic carbocycles. The van der Waals surface area contributed by atoms with Gasteiger partial charge in [0.25, 0.3) is 10.1 Å². The number of carbonyl (C=O) groups is 1. The second kappa shape index (κ2) is 12.3. The van der Waals surface area contributed by atoms with Crippen molar-refractivity contribution in [2.24, 2.45) is 11.8 Å². The summed E-state index contributed by atoms with van der Waals surface area (Å²) < 4.78 is 108. The molecule has 0 spiro atoms. The zero-order chi connectivity index (χ0) is 28.2. The maximum absolute atomic E-state index is 13.1. The molecule has 0 unspecified atom stereocenters. The number of hydrogen-bond donors (Lipinski definition) is 0. The molecule has 0 aromatic heterocycles. The first-order valence-electron chi connectivity index (χ1n) is 13.4. The van der Waals surface area contributed by atoms with E-state index in [9.17, 15) is 39.6 Å². The van der Waals surface area contributed by atoms with Gasteiger partial charge in [-0.25, -0.2) is 0 Å². The fourth-order valence-electron chi connectivity index (χ4n) is 5.81. The summed E-state index contributed by atoms with van der Waals surface area (Å²) in [7, 11) is -3.52. The highest BCUT2D eigenvalue weighted by Crippen LogP contribution is 2.42. The van der Waals surface area contributed by atoms with Crippen molar-refractivity contribution >= 4 is 15.9 Å². The first-order valence-corrected chi connectivity index (χ1v) is 15.0. The maximum Gasteiger partial charge on any atom is 0.416 e. The van der Waals surface area contributed by atoms with Crippen LogP contribution in [-0.4, -0.2) is 25.6 Å². The van der Waals surface area contributed by atoms with Gasteiger partial charge in [-0.3, -0.25) is 8.98 Å². The molecule has 216 valence electrons. The maximum atomic E-state index is 13.1. The average Bonchev–Trinajstić information content (AvgIpc) is 3.30. The van der Waals surface area contributed by atoms with Gasteiger partial charge in [-0.15, -0.1) is 0 Å². The number of halogens is 6. The summed E-state index contributed by atoms with van der Waals surface area (Å²) >= 11 is 0. The van der Waals surface area contributed by atoms with Gasteiger partial charge in [-0.05, 0) is 69.1 Å². The molecular weight excluding hydrogens is 534 g/mol. The first-order chi connectivity index (χ1) is 17.6. The lowest BCUT2D eigenvalue weighted by Gasteiger charge is -2.33. The molecule has 38 heavy (non-hydrogen) atoms. The van der Waals surface area contributed by atoms with Crippen molar-refractivity contribution in [1.29, 1.82) is 0 Å². The highest BCUT2D eigenvalue weighted by atomic mass is 32.2. The van der Waals surface area contributed by atoms with Crippen molar-refractivity contribution in [1.82, 2.24) is 0 Å². The minimum atomic E-state index is -4.98. The van der Waals surface area contributed by atoms with Crippen LogP contribution < -0.4 is 0 Å². The summed E-state index contributed by atoms with van der Waals surface area (Å²) in [5.74, 6) is 0.0476. The van der Waals surface area contributed by atoms with Crippen LogP contribution in [-0.2, 0) is 26.7 Å². The Balaban J connectivity index is 1.46. The molecule has 0 bridgehead atoms. The number of hydrogen-bond acceptors (Lipinski definition) is 4. The molecule has 2 saturated carbocycles. The van der Waals surface area contributed by atoms with Crippen molar-refractivity contribution in [2.45, 2.75) is 108 Å². The molecule has 1 aromatic rings. The SMILES string of the molecule is CCS(=O)(=O)OC1(CCC2CCC(CCCC(=O)c3cc(C(F)(F)F)cc(C(F)(F)F)c3)CC2)CCCC1. The van der Waals surface area contributed by atoms with E-state index in [0.717, 1.165) is 57.8 Å². The van der Waals surface area contributed by atoms with Gasteiger partial charge in [0.2, 0.25) is 0 Å². The van der Waals surface area contributed by atoms with Crippen LogP contribution in [0, 0.1) is 11.8 Å². The van der Waals surface area contributed by atoms with Crippen molar-refractivity contribution < 1.29 is 43.7 Å². The third-order valence-corrected chi connectivity index (χ3v) is 9.39. The van der Waals surface area contributed by atoms with E-state index in [2.05, 4.69) is 0 Å². The quantitative estimate of drug-likeness (QED) is 0.152. The normalized spacial score (nSPS) is 22.5. The molecule has 0 saturated heterocycles. The van der Waals surface area contributed by atoms with E-state index in [0.29, 0.717) is 43.2 Å². The molecule has 0 heterocycles. The Labute approximate surface area is 220 Å². The lowest BCUT2D eigenvalue weighted by Crippen LogP contribution is -2.33. The highest BCUT2D eigenvalue weighted by Gasteiger charge is 2.40. The fraction of sp³-hybridized carbons (Fsp3) is 0.741. The second-order valence-corrected chi connectivity index (χ2v) is 12.7. The molecule has 0 atom stereocenters. The van der Waals surface area contributed by atoms with Gasteiger partial charge in [0, 0.05) is 12.0 Å². The van der Waals surface area contributed by atoms with E-state index >= 15 is 0 Å². The van der Waals surface area contributed by atoms with Gasteiger partial charge in [0.05, 0.1) is 22.5 Å². The molecule has 0 amide bonds. The molecule has 2 aliphatic carbocycles. The Morgan fingerprint density at radius 1 is 0.895 bits per heavy atom. The highest BCUT2D eigenvalue weighted by molar-refractivity contribution is 7.86. The Hall–Kier alpha value is -1.62. The number of alkyl halides is 6. The van der Waals surface area contributed by atoms with Crippen molar-refractivity contribution in [2.75, 3.05) is 5.75 Å². The van der Waals surface area contributed by atoms with E-state index in [1.165, 1.54) is 0 Å². The number of Topliss-reactive ketones (excluding diaryl/α,β-unsaturated/α-hetero) is 1. The predicted molar refractivity (Wildman–Crippen MR) is 131 cm³/mol. The molecule has 2 aliphatic rings. The number of carbonyl (C=O) groups excluding carboxylic acids is 1. The summed E-state index contributed by atoms with van der Waals surface area (Å²) in [5.41, 5.74) is -4.11. The van der Waals surface area contributed by atoms with Crippen LogP contribution >= 0.6 is 0 Å². The molecule has 2 fully saturated rings. The third-order valence-electron chi connectivity index (χ3n) is 8.07. The number of benzene rings is 1. The lowest BCUT2D eigenvalue weighted by atomic mass is 9.76. The van der Waals surface area contributed by atoms with Crippen LogP contribution in [0.4, 0.5) is 26.3 Å². The van der Waals surface area contributed by atoms with Crippen molar-refractivity contribution in [3.05, 3.63) is 34.9 Å². The number of ketones is 1. The van der Waals surface area contributed by atoms with E-state index in [1.54, 1.807) is 6.92 Å². The zero-order valence-electron chi connectivity index (χ0n) is 21.6. The van der Waals surface area contributed by atoms with Crippen LogP contribution in [0.5, 0.6) is 0 Å². The van der Waals surface area contributed by atoms with Crippen molar-refractivity contribution in [3.8, 4) is 0 Å². The minimum absolute atomic E-state index is 0.0264. The topological polar surface area (TPSA) is 60.4 Å². The molecule has 3 rings (SSSR count). The summed E-state index contributed by atoms with van der Waals surface area (Å²) in [6, 6.07) is 1.02. The summed E-state index contributed by atoms with van der Waals surface area (Å²) in [6.07, 6.45) is -0.143. The molecule has 0 aliphatic heterocycles. The average molecular weight is 571 g/mol. The summed E-state index contributed by atoms with van der Waals surface area (Å²) in [5, 5.41) is 0. The van der Waals surface area contributed by atoms with Crippen LogP contribution in [0.2, 0.25) is 0 Å². The largest absolute Gasteiger partial charge is 0.416 e. The third kappa shape index (κ3) is 8.69. The minimum Gasteiger partial charge on any atom is -0.294 e. The lowest BCUT2D eigenvalue weighted by molar-refractivity contribution is -0.143. The smallest absolute Gasteiger partial charge is 0.294 e. The van der Waals surface area contributed by atoms with Gasteiger partial charge in [0.15, 0.2) is 5.78 Å². The van der Waals surface area contributed by atoms with Gasteiger partial charge >= 0.3 is 12.4 Å². The van der Waals surface area contributed by atoms with E-state index < -0.39 is 50.5 Å². The number of rotatable bonds is 11. The Bertz CT molecular complexity index is 1020. The molecule has 0 N–H and O–H groups in total. The summed E-state index contributed by atoms with van der Waals surface area (Å²) in [4.78, 5) is 12.5. The first kappa shape index (κ1) is 30.9. The fourth-order valence-corrected chi connectivity index (χ4v) is 6.72. The van der Waals surface area contributed by atoms with Crippen LogP contribution in [0.15, 0.2) is 18.2 Å². The van der Waals surface area contributed by atoms with Crippen LogP contribution in [0.3, 0.4) is 0 Å². The standard InChI is InChI=1S/C27H36F6O4S/c1-2-38(35,36)37-25(13-3-4-14-25)15-12-20-10-8-19(9-11-20)6-5-7-24(34)21-16-22(26(28,29)30)18-23(17-21)27(31,32)33/h16-20H,2-15H2,1H3. The molecular formula is C27H36F6O4S. The Morgan fingerprint density at radius 3 is 1.87 bits per heavy atom. The Morgan fingerprint density at radius 2 is 1.39 bits per heavy atom. The van der Waals surface area contributed by atoms with E-state index in [1.807, 2.05) is 0 Å². The zero-order valence-corrected chi connectivity index (χ0v) is 22.4. The molecule has 0 radical (unpaired) electrons. The molecule has 4 nitrogen and oxygen atoms in total. The van der Waals surface area contributed by atoms with Gasteiger partial charge in [-0.2, -0.15) is 34.8 Å². The van der Waals surface area contributed by atoms with Crippen LogP contribution in [0.1, 0.15) is 112 Å². The van der Waals surface area contributed by atoms with Gasteiger partial charge in [0.1, 0.15) is 0 Å². The van der Waals surface area contributed by atoms with E-state index in [4.69, 9.17) is 4.18 Å². The van der Waals surface area contributed by atoms with Crippen LogP contribution in [0.25, 0.3) is 0 Å². The summed E-state index contributed by atoms with van der Waals surface area (Å²) in [6.45, 7) is 1.58. The molecule has 11 heteroatoms. The van der Waals surface area contributed by atoms with Gasteiger partial charge < -0.3 is 0 Å². The van der Waals surface area contributed by atoms with Gasteiger partial charge in [-0.1, -0.05) is 44.9 Å². The van der Waals surface area contributed by atoms with Crippen molar-refractivity contribution in [3.63, 3.8) is 0 Å². The monoisotopic (exact) mass is 570 g/mol. The van der Waals surface area contributed by atoms with E-state index in [-0.39, 0.29) is 18.2 Å². The predicted octanol–water partition coefficient (Wildman–Crippen LogP) is 8.34. The second-order valence-electron chi connectivity index (χ2n) is 10.9.